The summed E-state index contributed by atoms with van der Waals surface area (Å²) in [5, 5.41) is 17.7. The third-order valence-corrected chi connectivity index (χ3v) is 2.15. The summed E-state index contributed by atoms with van der Waals surface area (Å²) in [7, 11) is 0. The van der Waals surface area contributed by atoms with Crippen molar-refractivity contribution in [1.29, 1.82) is 5.26 Å². The number of ether oxygens (including phenoxy) is 1. The van der Waals surface area contributed by atoms with Crippen LogP contribution in [0.25, 0.3) is 0 Å². The molecule has 0 radical (unpaired) electrons. The van der Waals surface area contributed by atoms with Crippen molar-refractivity contribution in [2.75, 3.05) is 13.2 Å². The van der Waals surface area contributed by atoms with Crippen LogP contribution < -0.4 is 16.0 Å². The maximum Gasteiger partial charge on any atom is 0.267 e. The zero-order valence-electron chi connectivity index (χ0n) is 9.34. The van der Waals surface area contributed by atoms with Gasteiger partial charge >= 0.3 is 0 Å². The van der Waals surface area contributed by atoms with E-state index < -0.39 is 5.91 Å². The lowest BCUT2D eigenvalue weighted by Gasteiger charge is -2.11. The average Bonchev–Trinajstić information content (AvgIpc) is 2.42. The normalized spacial score (nSPS) is 9.39. The fraction of sp³-hybridized carbons (Fsp3) is 0.182. The molecular weight excluding hydrogens is 238 g/mol. The lowest BCUT2D eigenvalue weighted by atomic mass is 10.0. The standard InChI is InChI=1S/C11H11N3O4/c12-5-8-9(18-4-3-15)2-1-7(6-16)10(8)11(17)14-13/h1-2,6,15H,3-4,13H2,(H,14,17). The minimum Gasteiger partial charge on any atom is -0.490 e. The van der Waals surface area contributed by atoms with Gasteiger partial charge in [-0.15, -0.1) is 0 Å². The predicted octanol–water partition coefficient (Wildman–Crippen LogP) is -0.655. The van der Waals surface area contributed by atoms with Crippen molar-refractivity contribution in [2.45, 2.75) is 0 Å². The number of hydrazine groups is 1. The Kier molecular flexibility index (Phi) is 4.80. The molecule has 1 aromatic rings. The molecule has 0 heterocycles. The summed E-state index contributed by atoms with van der Waals surface area (Å²) < 4.78 is 5.10. The summed E-state index contributed by atoms with van der Waals surface area (Å²) in [6.07, 6.45) is 0.446. The molecule has 7 nitrogen and oxygen atoms in total. The van der Waals surface area contributed by atoms with Crippen LogP contribution in [-0.2, 0) is 0 Å². The second-order valence-electron chi connectivity index (χ2n) is 3.18. The van der Waals surface area contributed by atoms with Crippen molar-refractivity contribution in [2.24, 2.45) is 5.84 Å². The van der Waals surface area contributed by atoms with Crippen molar-refractivity contribution in [3.63, 3.8) is 0 Å². The number of nitrogen functional groups attached to an aromatic ring is 1. The van der Waals surface area contributed by atoms with Gasteiger partial charge in [0.1, 0.15) is 24.0 Å². The van der Waals surface area contributed by atoms with Gasteiger partial charge in [0.2, 0.25) is 0 Å². The van der Waals surface area contributed by atoms with E-state index in [1.807, 2.05) is 5.43 Å². The van der Waals surface area contributed by atoms with Gasteiger partial charge in [0.05, 0.1) is 12.2 Å². The van der Waals surface area contributed by atoms with Gasteiger partial charge in [0, 0.05) is 5.56 Å². The number of benzene rings is 1. The van der Waals surface area contributed by atoms with Gasteiger partial charge in [-0.3, -0.25) is 15.0 Å². The van der Waals surface area contributed by atoms with Crippen LogP contribution in [0.3, 0.4) is 0 Å². The van der Waals surface area contributed by atoms with Crippen LogP contribution in [0.15, 0.2) is 12.1 Å². The van der Waals surface area contributed by atoms with E-state index >= 15 is 0 Å². The molecule has 0 aromatic heterocycles. The predicted molar refractivity (Wildman–Crippen MR) is 60.8 cm³/mol. The van der Waals surface area contributed by atoms with E-state index in [2.05, 4.69) is 0 Å². The molecule has 1 rings (SSSR count). The highest BCUT2D eigenvalue weighted by Crippen LogP contribution is 2.24. The quantitative estimate of drug-likeness (QED) is 0.275. The second kappa shape index (κ2) is 6.34. The monoisotopic (exact) mass is 249 g/mol. The zero-order valence-corrected chi connectivity index (χ0v) is 9.34. The topological polar surface area (TPSA) is 125 Å². The Balaban J connectivity index is 3.38. The first-order chi connectivity index (χ1) is 8.69. The number of carbonyl (C=O) groups is 2. The van der Waals surface area contributed by atoms with Crippen molar-refractivity contribution >= 4 is 12.2 Å². The maximum absolute atomic E-state index is 11.5. The third kappa shape index (κ3) is 2.63. The smallest absolute Gasteiger partial charge is 0.267 e. The van der Waals surface area contributed by atoms with E-state index in [1.165, 1.54) is 12.1 Å². The van der Waals surface area contributed by atoms with Gasteiger partial charge in [-0.25, -0.2) is 5.84 Å². The van der Waals surface area contributed by atoms with Gasteiger partial charge in [0.15, 0.2) is 6.29 Å². The largest absolute Gasteiger partial charge is 0.490 e. The first-order valence-corrected chi connectivity index (χ1v) is 4.96. The summed E-state index contributed by atoms with van der Waals surface area (Å²) in [5.74, 6) is 4.34. The number of aliphatic hydroxyl groups excluding tert-OH is 1. The van der Waals surface area contributed by atoms with Crippen LogP contribution in [0.1, 0.15) is 26.3 Å². The summed E-state index contributed by atoms with van der Waals surface area (Å²) in [5.41, 5.74) is 1.64. The number of hydrogen-bond donors (Lipinski definition) is 3. The van der Waals surface area contributed by atoms with Crippen LogP contribution in [0.2, 0.25) is 0 Å². The van der Waals surface area contributed by atoms with E-state index in [9.17, 15) is 9.59 Å². The highest BCUT2D eigenvalue weighted by Gasteiger charge is 2.19. The Morgan fingerprint density at radius 1 is 1.61 bits per heavy atom. The number of hydrogen-bond acceptors (Lipinski definition) is 6. The fourth-order valence-electron chi connectivity index (χ4n) is 1.40. The zero-order chi connectivity index (χ0) is 13.5. The lowest BCUT2D eigenvalue weighted by Crippen LogP contribution is -2.31. The highest BCUT2D eigenvalue weighted by atomic mass is 16.5. The molecule has 0 unspecified atom stereocenters. The second-order valence-corrected chi connectivity index (χ2v) is 3.18. The van der Waals surface area contributed by atoms with Crippen molar-refractivity contribution in [3.8, 4) is 11.8 Å². The van der Waals surface area contributed by atoms with Crippen LogP contribution >= 0.6 is 0 Å². The molecule has 0 saturated carbocycles. The number of aldehydes is 1. The van der Waals surface area contributed by atoms with Gasteiger partial charge < -0.3 is 9.84 Å². The van der Waals surface area contributed by atoms with Gasteiger partial charge in [0.25, 0.3) is 5.91 Å². The molecule has 18 heavy (non-hydrogen) atoms. The molecule has 0 bridgehead atoms. The van der Waals surface area contributed by atoms with Gasteiger partial charge in [-0.05, 0) is 12.1 Å². The third-order valence-electron chi connectivity index (χ3n) is 2.15. The molecule has 0 atom stereocenters. The van der Waals surface area contributed by atoms with Crippen LogP contribution in [0, 0.1) is 11.3 Å². The number of nitrogens with one attached hydrogen (secondary N) is 1. The number of nitrogens with zero attached hydrogens (tertiary/aromatic N) is 1. The Morgan fingerprint density at radius 2 is 2.33 bits per heavy atom. The molecule has 0 spiro atoms. The molecular formula is C11H11N3O4. The highest BCUT2D eigenvalue weighted by molar-refractivity contribution is 6.04. The Morgan fingerprint density at radius 3 is 2.83 bits per heavy atom. The fourth-order valence-corrected chi connectivity index (χ4v) is 1.40. The van der Waals surface area contributed by atoms with Crippen LogP contribution in [0.4, 0.5) is 0 Å². The summed E-state index contributed by atoms with van der Waals surface area (Å²) in [4.78, 5) is 22.4. The molecule has 0 aliphatic carbocycles. The molecule has 0 aliphatic rings. The molecule has 0 saturated heterocycles. The van der Waals surface area contributed by atoms with E-state index in [0.717, 1.165) is 0 Å². The van der Waals surface area contributed by atoms with Crippen LogP contribution in [0.5, 0.6) is 5.75 Å². The number of nitrogens with two attached hydrogens (primary N) is 1. The summed E-state index contributed by atoms with van der Waals surface area (Å²) in [6.45, 7) is -0.266. The summed E-state index contributed by atoms with van der Waals surface area (Å²) in [6, 6.07) is 4.50. The van der Waals surface area contributed by atoms with Crippen molar-refractivity contribution in [1.82, 2.24) is 5.43 Å². The first-order valence-electron chi connectivity index (χ1n) is 4.96. The van der Waals surface area contributed by atoms with Crippen molar-refractivity contribution in [3.05, 3.63) is 28.8 Å². The number of carbonyl (C=O) groups excluding carboxylic acids is 2. The van der Waals surface area contributed by atoms with Crippen LogP contribution in [-0.4, -0.2) is 30.5 Å². The van der Waals surface area contributed by atoms with Gasteiger partial charge in [-0.1, -0.05) is 0 Å². The van der Waals surface area contributed by atoms with E-state index in [4.69, 9.17) is 20.9 Å². The van der Waals surface area contributed by atoms with Crippen molar-refractivity contribution < 1.29 is 19.4 Å². The first kappa shape index (κ1) is 13.6. The Bertz CT molecular complexity index is 508. The molecule has 94 valence electrons. The number of rotatable bonds is 5. The number of nitriles is 1. The molecule has 0 aliphatic heterocycles. The minimum absolute atomic E-state index is 0.0290. The molecule has 1 amide bonds. The Labute approximate surface area is 103 Å². The summed E-state index contributed by atoms with van der Waals surface area (Å²) >= 11 is 0. The SMILES string of the molecule is N#Cc1c(OCCO)ccc(C=O)c1C(=O)NN. The molecule has 0 fully saturated rings. The van der Waals surface area contributed by atoms with E-state index in [0.29, 0.717) is 6.29 Å². The van der Waals surface area contributed by atoms with Gasteiger partial charge in [-0.2, -0.15) is 5.26 Å². The maximum atomic E-state index is 11.5. The Hall–Kier alpha value is -2.43. The molecule has 7 heteroatoms. The lowest BCUT2D eigenvalue weighted by molar-refractivity contribution is 0.0947. The number of amides is 1. The average molecular weight is 249 g/mol. The van der Waals surface area contributed by atoms with E-state index in [1.54, 1.807) is 6.07 Å². The van der Waals surface area contributed by atoms with E-state index in [-0.39, 0.29) is 35.7 Å². The molecule has 4 N–H and O–H groups in total. The minimum atomic E-state index is -0.761. The molecule has 1 aromatic carbocycles. The number of aliphatic hydroxyl groups is 1.